The van der Waals surface area contributed by atoms with Gasteiger partial charge in [0.2, 0.25) is 0 Å². The lowest BCUT2D eigenvalue weighted by molar-refractivity contribution is -0.133. The third-order valence-corrected chi connectivity index (χ3v) is 6.89. The standard InChI is InChI=1S/C20H14ClN3O3S2/c21-12-5-6-14-16(9-12)27-20(26)23(14)11-19(25)24-15(18-4-2-8-29-18)10-13(22-24)17-3-1-7-28-17/h1-9,15H,10-11H2. The summed E-state index contributed by atoms with van der Waals surface area (Å²) in [5.74, 6) is -0.861. The molecule has 4 aromatic rings. The summed E-state index contributed by atoms with van der Waals surface area (Å²) in [5, 5.41) is 10.6. The van der Waals surface area contributed by atoms with Gasteiger partial charge in [0.25, 0.3) is 5.91 Å². The molecule has 0 N–H and O–H groups in total. The summed E-state index contributed by atoms with van der Waals surface area (Å²) in [6.07, 6.45) is 0.642. The topological polar surface area (TPSA) is 67.8 Å². The quantitative estimate of drug-likeness (QED) is 0.457. The Kier molecular flexibility index (Phi) is 4.61. The van der Waals surface area contributed by atoms with Crippen LogP contribution in [0, 0.1) is 0 Å². The molecule has 29 heavy (non-hydrogen) atoms. The second-order valence-electron chi connectivity index (χ2n) is 6.56. The summed E-state index contributed by atoms with van der Waals surface area (Å²) < 4.78 is 6.56. The van der Waals surface area contributed by atoms with E-state index < -0.39 is 5.76 Å². The van der Waals surface area contributed by atoms with Crippen molar-refractivity contribution in [2.75, 3.05) is 0 Å². The van der Waals surface area contributed by atoms with Crippen molar-refractivity contribution in [3.05, 3.63) is 78.6 Å². The minimum atomic E-state index is -0.593. The first-order valence-corrected chi connectivity index (χ1v) is 11.0. The number of fused-ring (bicyclic) bond motifs is 1. The van der Waals surface area contributed by atoms with E-state index in [1.54, 1.807) is 40.9 Å². The second kappa shape index (κ2) is 7.29. The highest BCUT2D eigenvalue weighted by molar-refractivity contribution is 7.12. The Labute approximate surface area is 178 Å². The highest BCUT2D eigenvalue weighted by atomic mass is 35.5. The fourth-order valence-corrected chi connectivity index (χ4v) is 5.13. The van der Waals surface area contributed by atoms with Gasteiger partial charge >= 0.3 is 5.76 Å². The number of aromatic nitrogens is 1. The van der Waals surface area contributed by atoms with Crippen molar-refractivity contribution in [1.82, 2.24) is 9.58 Å². The zero-order valence-electron chi connectivity index (χ0n) is 14.9. The zero-order chi connectivity index (χ0) is 20.0. The molecule has 1 aliphatic heterocycles. The lowest BCUT2D eigenvalue weighted by Crippen LogP contribution is -2.32. The fraction of sp³-hybridized carbons (Fsp3) is 0.150. The van der Waals surface area contributed by atoms with Crippen LogP contribution in [0.4, 0.5) is 0 Å². The van der Waals surface area contributed by atoms with Crippen LogP contribution >= 0.6 is 34.3 Å². The van der Waals surface area contributed by atoms with E-state index in [2.05, 4.69) is 5.10 Å². The molecule has 0 saturated carbocycles. The van der Waals surface area contributed by atoms with Crippen LogP contribution in [0.5, 0.6) is 0 Å². The van der Waals surface area contributed by atoms with Crippen molar-refractivity contribution < 1.29 is 9.21 Å². The van der Waals surface area contributed by atoms with E-state index in [9.17, 15) is 9.59 Å². The smallest absolute Gasteiger partial charge is 0.408 e. The van der Waals surface area contributed by atoms with Gasteiger partial charge < -0.3 is 4.42 Å². The molecule has 1 aliphatic rings. The number of hydrogen-bond acceptors (Lipinski definition) is 6. The van der Waals surface area contributed by atoms with E-state index in [-0.39, 0.29) is 18.5 Å². The molecule has 0 fully saturated rings. The molecular weight excluding hydrogens is 430 g/mol. The molecule has 146 valence electrons. The van der Waals surface area contributed by atoms with Crippen molar-refractivity contribution in [3.8, 4) is 0 Å². The highest BCUT2D eigenvalue weighted by Crippen LogP contribution is 2.36. The number of rotatable bonds is 4. The van der Waals surface area contributed by atoms with Crippen LogP contribution in [0.3, 0.4) is 0 Å². The highest BCUT2D eigenvalue weighted by Gasteiger charge is 2.34. The molecule has 1 aromatic carbocycles. The molecule has 0 bridgehead atoms. The minimum absolute atomic E-state index is 0.156. The molecule has 5 rings (SSSR count). The number of oxazole rings is 1. The lowest BCUT2D eigenvalue weighted by Gasteiger charge is -2.20. The van der Waals surface area contributed by atoms with Gasteiger partial charge in [0.05, 0.1) is 22.1 Å². The molecule has 0 radical (unpaired) electrons. The summed E-state index contributed by atoms with van der Waals surface area (Å²) in [6.45, 7) is -0.156. The molecule has 9 heteroatoms. The van der Waals surface area contributed by atoms with E-state index in [0.29, 0.717) is 22.5 Å². The van der Waals surface area contributed by atoms with Crippen LogP contribution in [-0.4, -0.2) is 21.2 Å². The lowest BCUT2D eigenvalue weighted by atomic mass is 10.1. The van der Waals surface area contributed by atoms with Gasteiger partial charge in [-0.3, -0.25) is 9.36 Å². The van der Waals surface area contributed by atoms with Gasteiger partial charge in [0, 0.05) is 22.4 Å². The summed E-state index contributed by atoms with van der Waals surface area (Å²) in [7, 11) is 0. The second-order valence-corrected chi connectivity index (χ2v) is 8.93. The Bertz CT molecular complexity index is 1270. The summed E-state index contributed by atoms with van der Waals surface area (Å²) >= 11 is 9.16. The molecule has 6 nitrogen and oxygen atoms in total. The normalized spacial score (nSPS) is 16.5. The monoisotopic (exact) mass is 443 g/mol. The van der Waals surface area contributed by atoms with Crippen molar-refractivity contribution >= 4 is 57.0 Å². The van der Waals surface area contributed by atoms with Gasteiger partial charge in [-0.05, 0) is 35.0 Å². The number of nitrogens with zero attached hydrogens (tertiary/aromatic N) is 3. The van der Waals surface area contributed by atoms with Gasteiger partial charge in [-0.1, -0.05) is 23.7 Å². The summed E-state index contributed by atoms with van der Waals surface area (Å²) in [5.41, 5.74) is 1.76. The third kappa shape index (κ3) is 3.33. The molecule has 1 unspecified atom stereocenters. The van der Waals surface area contributed by atoms with Gasteiger partial charge in [-0.2, -0.15) is 5.10 Å². The maximum absolute atomic E-state index is 13.2. The molecule has 4 heterocycles. The largest absolute Gasteiger partial charge is 0.420 e. The van der Waals surface area contributed by atoms with Gasteiger partial charge in [0.1, 0.15) is 6.54 Å². The number of thiophene rings is 2. The fourth-order valence-electron chi connectivity index (χ4n) is 3.43. The maximum Gasteiger partial charge on any atom is 0.420 e. The zero-order valence-corrected chi connectivity index (χ0v) is 17.3. The summed E-state index contributed by atoms with van der Waals surface area (Å²) in [4.78, 5) is 27.6. The molecule has 1 amide bonds. The Morgan fingerprint density at radius 2 is 2.03 bits per heavy atom. The third-order valence-electron chi connectivity index (χ3n) is 4.77. The predicted octanol–water partition coefficient (Wildman–Crippen LogP) is 4.75. The minimum Gasteiger partial charge on any atom is -0.408 e. The van der Waals surface area contributed by atoms with Crippen molar-refractivity contribution in [3.63, 3.8) is 0 Å². The van der Waals surface area contributed by atoms with Crippen LogP contribution < -0.4 is 5.76 Å². The molecule has 0 spiro atoms. The van der Waals surface area contributed by atoms with Gasteiger partial charge in [0.15, 0.2) is 5.58 Å². The van der Waals surface area contributed by atoms with Gasteiger partial charge in [-0.25, -0.2) is 9.80 Å². The Hall–Kier alpha value is -2.68. The first-order chi connectivity index (χ1) is 14.1. The van der Waals surface area contributed by atoms with E-state index in [0.717, 1.165) is 15.5 Å². The first kappa shape index (κ1) is 18.4. The number of carbonyl (C=O) groups excluding carboxylic acids is 1. The number of hydrazone groups is 1. The van der Waals surface area contributed by atoms with Crippen LogP contribution in [0.15, 0.2) is 67.5 Å². The van der Waals surface area contributed by atoms with Gasteiger partial charge in [-0.15, -0.1) is 22.7 Å². The average molecular weight is 444 g/mol. The first-order valence-electron chi connectivity index (χ1n) is 8.86. The Morgan fingerprint density at radius 1 is 1.21 bits per heavy atom. The number of amides is 1. The number of hydrogen-bond donors (Lipinski definition) is 0. The van der Waals surface area contributed by atoms with Crippen molar-refractivity contribution in [1.29, 1.82) is 0 Å². The van der Waals surface area contributed by atoms with Crippen LogP contribution in [0.25, 0.3) is 11.1 Å². The van der Waals surface area contributed by atoms with Crippen molar-refractivity contribution in [2.45, 2.75) is 19.0 Å². The molecule has 3 aromatic heterocycles. The van der Waals surface area contributed by atoms with Crippen LogP contribution in [0.1, 0.15) is 22.2 Å². The van der Waals surface area contributed by atoms with Crippen molar-refractivity contribution in [2.24, 2.45) is 5.10 Å². The molecule has 0 aliphatic carbocycles. The summed E-state index contributed by atoms with van der Waals surface area (Å²) in [6, 6.07) is 12.7. The molecular formula is C20H14ClN3O3S2. The SMILES string of the molecule is O=C(Cn1c(=O)oc2cc(Cl)ccc21)N1N=C(c2cccs2)CC1c1cccs1. The number of benzene rings is 1. The molecule has 1 atom stereocenters. The maximum atomic E-state index is 13.2. The number of halogens is 1. The van der Waals surface area contributed by atoms with E-state index in [1.807, 2.05) is 35.0 Å². The predicted molar refractivity (Wildman–Crippen MR) is 115 cm³/mol. The van der Waals surface area contributed by atoms with Crippen LogP contribution in [-0.2, 0) is 11.3 Å². The van der Waals surface area contributed by atoms with E-state index in [1.165, 1.54) is 9.58 Å². The van der Waals surface area contributed by atoms with Crippen LogP contribution in [0.2, 0.25) is 5.02 Å². The molecule has 0 saturated heterocycles. The van der Waals surface area contributed by atoms with E-state index in [4.69, 9.17) is 16.0 Å². The number of carbonyl (C=O) groups is 1. The van der Waals surface area contributed by atoms with E-state index >= 15 is 0 Å². The Balaban J connectivity index is 1.50. The Morgan fingerprint density at radius 3 is 2.79 bits per heavy atom. The average Bonchev–Trinajstić information content (AvgIpc) is 3.48.